The molecule has 0 bridgehead atoms. The second-order valence-corrected chi connectivity index (χ2v) is 8.69. The molecular formula is C19H18F4N2O3S. The molecule has 0 aliphatic carbocycles. The van der Waals surface area contributed by atoms with Gasteiger partial charge in [-0.15, -0.1) is 0 Å². The van der Waals surface area contributed by atoms with Crippen LogP contribution in [0.15, 0.2) is 41.3 Å². The molecule has 1 N–H and O–H groups in total. The number of hydrogen-bond donors (Lipinski definition) is 1. The minimum Gasteiger partial charge on any atom is -0.352 e. The molecule has 1 fully saturated rings. The molecule has 0 atom stereocenters. The fourth-order valence-electron chi connectivity index (χ4n) is 3.19. The lowest BCUT2D eigenvalue weighted by Crippen LogP contribution is -2.42. The molecule has 5 nitrogen and oxygen atoms in total. The average Bonchev–Trinajstić information content (AvgIpc) is 2.67. The molecule has 3 rings (SSSR count). The van der Waals surface area contributed by atoms with E-state index in [9.17, 15) is 30.8 Å². The zero-order valence-electron chi connectivity index (χ0n) is 15.2. The monoisotopic (exact) mass is 430 g/mol. The summed E-state index contributed by atoms with van der Waals surface area (Å²) in [7, 11) is -4.00. The molecule has 1 saturated heterocycles. The lowest BCUT2D eigenvalue weighted by Gasteiger charge is -2.30. The maximum Gasteiger partial charge on any atom is 0.243 e. The minimum atomic E-state index is -4.00. The van der Waals surface area contributed by atoms with Gasteiger partial charge in [0, 0.05) is 31.6 Å². The van der Waals surface area contributed by atoms with Gasteiger partial charge in [-0.25, -0.2) is 26.0 Å². The molecule has 0 aromatic heterocycles. The molecule has 2 aromatic rings. The molecule has 156 valence electrons. The van der Waals surface area contributed by atoms with Gasteiger partial charge >= 0.3 is 0 Å². The van der Waals surface area contributed by atoms with Crippen molar-refractivity contribution in [3.05, 3.63) is 65.2 Å². The average molecular weight is 430 g/mol. The highest BCUT2D eigenvalue weighted by Gasteiger charge is 2.32. The van der Waals surface area contributed by atoms with Crippen molar-refractivity contribution in [2.24, 2.45) is 5.92 Å². The first kappa shape index (κ1) is 21.3. The number of sulfonamides is 1. The molecule has 0 unspecified atom stereocenters. The van der Waals surface area contributed by atoms with E-state index in [0.717, 1.165) is 34.6 Å². The van der Waals surface area contributed by atoms with Crippen LogP contribution in [0.1, 0.15) is 18.4 Å². The largest absolute Gasteiger partial charge is 0.352 e. The van der Waals surface area contributed by atoms with Crippen molar-refractivity contribution in [3.8, 4) is 0 Å². The molecule has 1 aliphatic rings. The number of benzene rings is 2. The Bertz CT molecular complexity index is 1000. The fourth-order valence-corrected chi connectivity index (χ4v) is 4.67. The van der Waals surface area contributed by atoms with Gasteiger partial charge in [0.05, 0.1) is 4.90 Å². The Morgan fingerprint density at radius 2 is 1.59 bits per heavy atom. The second kappa shape index (κ2) is 8.50. The smallest absolute Gasteiger partial charge is 0.243 e. The number of carbonyl (C=O) groups excluding carboxylic acids is 1. The number of amides is 1. The predicted molar refractivity (Wildman–Crippen MR) is 96.0 cm³/mol. The summed E-state index contributed by atoms with van der Waals surface area (Å²) in [4.78, 5) is 11.9. The van der Waals surface area contributed by atoms with Crippen LogP contribution < -0.4 is 5.32 Å². The van der Waals surface area contributed by atoms with E-state index in [1.165, 1.54) is 0 Å². The van der Waals surface area contributed by atoms with Crippen LogP contribution in [0.5, 0.6) is 0 Å². The van der Waals surface area contributed by atoms with Gasteiger partial charge in [-0.2, -0.15) is 4.31 Å². The van der Waals surface area contributed by atoms with E-state index in [1.807, 2.05) is 0 Å². The van der Waals surface area contributed by atoms with Crippen molar-refractivity contribution in [1.29, 1.82) is 0 Å². The van der Waals surface area contributed by atoms with Crippen molar-refractivity contribution in [1.82, 2.24) is 9.62 Å². The highest BCUT2D eigenvalue weighted by atomic mass is 32.2. The number of halogens is 4. The third-order valence-electron chi connectivity index (χ3n) is 4.74. The van der Waals surface area contributed by atoms with Gasteiger partial charge in [-0.1, -0.05) is 0 Å². The van der Waals surface area contributed by atoms with Crippen LogP contribution in [0.25, 0.3) is 0 Å². The maximum absolute atomic E-state index is 13.4. The van der Waals surface area contributed by atoms with Gasteiger partial charge in [0.15, 0.2) is 11.6 Å². The first-order valence-corrected chi connectivity index (χ1v) is 10.3. The standard InChI is InChI=1S/C19H18F4N2O3S/c20-14-7-12(8-15(21)9-14)11-24-19(26)13-3-5-25(6-4-13)29(27,28)16-1-2-17(22)18(23)10-16/h1-2,7-10,13H,3-6,11H2,(H,24,26). The number of rotatable bonds is 5. The Morgan fingerprint density at radius 3 is 2.17 bits per heavy atom. The van der Waals surface area contributed by atoms with E-state index in [4.69, 9.17) is 0 Å². The first-order chi connectivity index (χ1) is 13.7. The Labute approximate surface area is 165 Å². The molecule has 2 aromatic carbocycles. The lowest BCUT2D eigenvalue weighted by molar-refractivity contribution is -0.126. The molecule has 0 radical (unpaired) electrons. The zero-order chi connectivity index (χ0) is 21.2. The minimum absolute atomic E-state index is 0.0357. The Kier molecular flexibility index (Phi) is 6.23. The third-order valence-corrected chi connectivity index (χ3v) is 6.64. The van der Waals surface area contributed by atoms with E-state index in [2.05, 4.69) is 5.32 Å². The first-order valence-electron chi connectivity index (χ1n) is 8.84. The molecule has 29 heavy (non-hydrogen) atoms. The van der Waals surface area contributed by atoms with E-state index in [0.29, 0.717) is 6.07 Å². The number of nitrogens with zero attached hydrogens (tertiary/aromatic N) is 1. The maximum atomic E-state index is 13.4. The summed E-state index contributed by atoms with van der Waals surface area (Å²) in [5.41, 5.74) is 0.272. The van der Waals surface area contributed by atoms with Gasteiger partial charge in [0.25, 0.3) is 0 Å². The quantitative estimate of drug-likeness (QED) is 0.742. The molecule has 1 amide bonds. The van der Waals surface area contributed by atoms with Crippen LogP contribution in [-0.4, -0.2) is 31.7 Å². The Hall–Kier alpha value is -2.46. The molecule has 1 aliphatic heterocycles. The van der Waals surface area contributed by atoms with Crippen LogP contribution in [0.2, 0.25) is 0 Å². The highest BCUT2D eigenvalue weighted by Crippen LogP contribution is 2.25. The van der Waals surface area contributed by atoms with Gasteiger partial charge < -0.3 is 5.32 Å². The number of nitrogens with one attached hydrogen (secondary N) is 1. The van der Waals surface area contributed by atoms with E-state index in [-0.39, 0.29) is 48.8 Å². The highest BCUT2D eigenvalue weighted by molar-refractivity contribution is 7.89. The van der Waals surface area contributed by atoms with Crippen molar-refractivity contribution in [2.45, 2.75) is 24.3 Å². The lowest BCUT2D eigenvalue weighted by atomic mass is 9.97. The molecular weight excluding hydrogens is 412 g/mol. The van der Waals surface area contributed by atoms with E-state index < -0.39 is 39.2 Å². The van der Waals surface area contributed by atoms with Crippen LogP contribution in [-0.2, 0) is 21.4 Å². The summed E-state index contributed by atoms with van der Waals surface area (Å²) < 4.78 is 79.0. The third kappa shape index (κ3) is 4.94. The molecule has 10 heteroatoms. The molecule has 0 saturated carbocycles. The number of carbonyl (C=O) groups is 1. The summed E-state index contributed by atoms with van der Waals surface area (Å²) in [5.74, 6) is -4.70. The summed E-state index contributed by atoms with van der Waals surface area (Å²) in [6, 6.07) is 5.32. The summed E-state index contributed by atoms with van der Waals surface area (Å²) in [5, 5.41) is 2.59. The van der Waals surface area contributed by atoms with Crippen LogP contribution in [0.3, 0.4) is 0 Å². The topological polar surface area (TPSA) is 66.5 Å². The molecule has 1 heterocycles. The second-order valence-electron chi connectivity index (χ2n) is 6.75. The summed E-state index contributed by atoms with van der Waals surface area (Å²) >= 11 is 0. The number of hydrogen-bond acceptors (Lipinski definition) is 3. The van der Waals surface area contributed by atoms with Gasteiger partial charge in [-0.05, 0) is 48.7 Å². The fraction of sp³-hybridized carbons (Fsp3) is 0.316. The Morgan fingerprint density at radius 1 is 0.966 bits per heavy atom. The SMILES string of the molecule is O=C(NCc1cc(F)cc(F)c1)C1CCN(S(=O)(=O)c2ccc(F)c(F)c2)CC1. The van der Waals surface area contributed by atoms with Crippen molar-refractivity contribution in [3.63, 3.8) is 0 Å². The van der Waals surface area contributed by atoms with Crippen molar-refractivity contribution >= 4 is 15.9 Å². The van der Waals surface area contributed by atoms with Crippen molar-refractivity contribution in [2.75, 3.05) is 13.1 Å². The van der Waals surface area contributed by atoms with Crippen LogP contribution in [0.4, 0.5) is 17.6 Å². The van der Waals surface area contributed by atoms with Crippen LogP contribution >= 0.6 is 0 Å². The normalized spacial score (nSPS) is 16.0. The van der Waals surface area contributed by atoms with Gasteiger partial charge in [0.1, 0.15) is 11.6 Å². The van der Waals surface area contributed by atoms with E-state index in [1.54, 1.807) is 0 Å². The molecule has 0 spiro atoms. The van der Waals surface area contributed by atoms with Gasteiger partial charge in [-0.3, -0.25) is 4.79 Å². The predicted octanol–water partition coefficient (Wildman–Crippen LogP) is 2.96. The summed E-state index contributed by atoms with van der Waals surface area (Å²) in [6.45, 7) is 0.0168. The zero-order valence-corrected chi connectivity index (χ0v) is 16.0. The van der Waals surface area contributed by atoms with E-state index >= 15 is 0 Å². The van der Waals surface area contributed by atoms with Crippen LogP contribution in [0, 0.1) is 29.2 Å². The van der Waals surface area contributed by atoms with Crippen molar-refractivity contribution < 1.29 is 30.8 Å². The van der Waals surface area contributed by atoms with Gasteiger partial charge in [0.2, 0.25) is 15.9 Å². The summed E-state index contributed by atoms with van der Waals surface area (Å²) in [6.07, 6.45) is 0.457. The number of piperidine rings is 1. The Balaban J connectivity index is 1.58.